The first-order valence-corrected chi connectivity index (χ1v) is 8.21. The van der Waals surface area contributed by atoms with Crippen molar-refractivity contribution in [1.29, 1.82) is 0 Å². The molecule has 0 N–H and O–H groups in total. The molecular formula is C20H26N3+. The third kappa shape index (κ3) is 2.50. The number of hydrogen-bond acceptors (Lipinski definition) is 1. The Bertz CT molecular complexity index is 838. The van der Waals surface area contributed by atoms with Crippen molar-refractivity contribution in [2.45, 2.75) is 33.7 Å². The van der Waals surface area contributed by atoms with E-state index < -0.39 is 0 Å². The summed E-state index contributed by atoms with van der Waals surface area (Å²) in [6.07, 6.45) is 2.18. The summed E-state index contributed by atoms with van der Waals surface area (Å²) in [5.74, 6) is 1.19. The van der Waals surface area contributed by atoms with E-state index in [1.807, 2.05) is 0 Å². The second-order valence-electron chi connectivity index (χ2n) is 6.65. The van der Waals surface area contributed by atoms with Gasteiger partial charge in [0.25, 0.3) is 0 Å². The smallest absolute Gasteiger partial charge is 0.235 e. The molecule has 0 aliphatic carbocycles. The zero-order valence-corrected chi connectivity index (χ0v) is 15.0. The summed E-state index contributed by atoms with van der Waals surface area (Å²) in [5, 5.41) is 1.28. The number of nitrogens with zero attached hydrogens (tertiary/aromatic N) is 3. The second-order valence-corrected chi connectivity index (χ2v) is 6.65. The minimum absolute atomic E-state index is 0.444. The molecule has 3 aromatic rings. The van der Waals surface area contributed by atoms with Gasteiger partial charge in [-0.15, -0.1) is 0 Å². The van der Waals surface area contributed by atoms with Crippen LogP contribution in [-0.4, -0.2) is 11.6 Å². The lowest BCUT2D eigenvalue weighted by Crippen LogP contribution is -2.38. The van der Waals surface area contributed by atoms with E-state index >= 15 is 0 Å². The molecule has 3 rings (SSSR count). The Morgan fingerprint density at radius 3 is 2.26 bits per heavy atom. The predicted octanol–water partition coefficient (Wildman–Crippen LogP) is 4.43. The number of hydrogen-bond donors (Lipinski definition) is 0. The quantitative estimate of drug-likeness (QED) is 0.652. The molecule has 0 aliphatic rings. The van der Waals surface area contributed by atoms with E-state index in [1.54, 1.807) is 0 Å². The van der Waals surface area contributed by atoms with E-state index in [-0.39, 0.29) is 0 Å². The van der Waals surface area contributed by atoms with Crippen LogP contribution in [0.1, 0.15) is 31.0 Å². The first-order valence-electron chi connectivity index (χ1n) is 8.21. The van der Waals surface area contributed by atoms with Crippen LogP contribution < -0.4 is 9.47 Å². The molecule has 0 saturated carbocycles. The van der Waals surface area contributed by atoms with E-state index in [2.05, 4.69) is 98.4 Å². The fraction of sp³-hybridized carbons (Fsp3) is 0.350. The highest BCUT2D eigenvalue weighted by Gasteiger charge is 2.21. The largest absolute Gasteiger partial charge is 0.264 e. The topological polar surface area (TPSA) is 12.1 Å². The Kier molecular flexibility index (Phi) is 3.88. The first-order chi connectivity index (χ1) is 10.9. The van der Waals surface area contributed by atoms with Gasteiger partial charge in [0.05, 0.1) is 31.7 Å². The molecule has 0 unspecified atom stereocenters. The molecule has 3 nitrogen and oxygen atoms in total. The molecule has 0 aliphatic heterocycles. The van der Waals surface area contributed by atoms with Gasteiger partial charge in [-0.3, -0.25) is 9.47 Å². The van der Waals surface area contributed by atoms with Gasteiger partial charge in [0, 0.05) is 6.07 Å². The third-order valence-corrected chi connectivity index (χ3v) is 4.67. The summed E-state index contributed by atoms with van der Waals surface area (Å²) in [5.41, 5.74) is 5.14. The van der Waals surface area contributed by atoms with E-state index in [0.717, 1.165) is 0 Å². The summed E-state index contributed by atoms with van der Waals surface area (Å²) in [4.78, 5) is 2.29. The molecule has 0 atom stereocenters. The minimum Gasteiger partial charge on any atom is -0.264 e. The van der Waals surface area contributed by atoms with Crippen molar-refractivity contribution in [2.24, 2.45) is 7.05 Å². The molecule has 0 fully saturated rings. The Morgan fingerprint density at radius 2 is 1.65 bits per heavy atom. The van der Waals surface area contributed by atoms with Crippen LogP contribution in [0.5, 0.6) is 0 Å². The number of aromatic nitrogens is 2. The van der Waals surface area contributed by atoms with Gasteiger partial charge in [0.15, 0.2) is 0 Å². The van der Waals surface area contributed by atoms with E-state index in [4.69, 9.17) is 0 Å². The fourth-order valence-electron chi connectivity index (χ4n) is 3.54. The maximum Gasteiger partial charge on any atom is 0.235 e. The van der Waals surface area contributed by atoms with Crippen LogP contribution in [0, 0.1) is 13.8 Å². The zero-order chi connectivity index (χ0) is 16.7. The maximum atomic E-state index is 2.33. The summed E-state index contributed by atoms with van der Waals surface area (Å²) in [7, 11) is 4.31. The average molecular weight is 308 g/mol. The Morgan fingerprint density at radius 1 is 1.00 bits per heavy atom. The van der Waals surface area contributed by atoms with Crippen molar-refractivity contribution in [2.75, 3.05) is 11.9 Å². The van der Waals surface area contributed by atoms with E-state index in [1.165, 1.54) is 33.7 Å². The summed E-state index contributed by atoms with van der Waals surface area (Å²) < 4.78 is 4.62. The van der Waals surface area contributed by atoms with Crippen LogP contribution in [-0.2, 0) is 7.05 Å². The van der Waals surface area contributed by atoms with Crippen molar-refractivity contribution in [1.82, 2.24) is 4.57 Å². The molecule has 3 heteroatoms. The van der Waals surface area contributed by atoms with Crippen LogP contribution in [0.4, 0.5) is 11.5 Å². The zero-order valence-electron chi connectivity index (χ0n) is 15.0. The lowest BCUT2D eigenvalue weighted by atomic mass is 10.1. The minimum atomic E-state index is 0.444. The predicted molar refractivity (Wildman–Crippen MR) is 97.5 cm³/mol. The number of fused-ring (bicyclic) bond motifs is 1. The van der Waals surface area contributed by atoms with E-state index in [9.17, 15) is 0 Å². The highest BCUT2D eigenvalue weighted by Crippen LogP contribution is 2.29. The fourth-order valence-corrected chi connectivity index (χ4v) is 3.54. The maximum absolute atomic E-state index is 2.33. The van der Waals surface area contributed by atoms with Gasteiger partial charge in [-0.25, -0.2) is 4.57 Å². The first kappa shape index (κ1) is 15.6. The average Bonchev–Trinajstić information content (AvgIpc) is 2.92. The number of pyridine rings is 1. The normalized spacial score (nSPS) is 11.4. The van der Waals surface area contributed by atoms with Gasteiger partial charge in [0.2, 0.25) is 11.5 Å². The molecule has 0 spiro atoms. The van der Waals surface area contributed by atoms with Gasteiger partial charge in [-0.2, -0.15) is 0 Å². The number of para-hydroxylation sites is 1. The molecule has 0 radical (unpaired) electrons. The molecule has 0 saturated heterocycles. The monoisotopic (exact) mass is 308 g/mol. The van der Waals surface area contributed by atoms with Crippen molar-refractivity contribution in [3.63, 3.8) is 0 Å². The van der Waals surface area contributed by atoms with Gasteiger partial charge in [0.1, 0.15) is 5.69 Å². The summed E-state index contributed by atoms with van der Waals surface area (Å²) >= 11 is 0. The second kappa shape index (κ2) is 5.73. The van der Waals surface area contributed by atoms with Crippen molar-refractivity contribution in [3.8, 4) is 0 Å². The van der Waals surface area contributed by atoms with Gasteiger partial charge in [-0.1, -0.05) is 18.2 Å². The molecule has 2 heterocycles. The molecular weight excluding hydrogens is 282 g/mol. The molecule has 1 aromatic carbocycles. The van der Waals surface area contributed by atoms with Crippen LogP contribution in [0.3, 0.4) is 0 Å². The standard InChI is InChI=1S/C20H26N3/c1-14(2)23-13-12-17-10-11-18(22(6)20(17)23)21(5)19-15(3)8-7-9-16(19)4/h7-14H,1-6H3/q+1. The highest BCUT2D eigenvalue weighted by molar-refractivity contribution is 5.76. The number of anilines is 2. The van der Waals surface area contributed by atoms with Crippen LogP contribution >= 0.6 is 0 Å². The Hall–Kier alpha value is -2.29. The molecule has 0 bridgehead atoms. The lowest BCUT2D eigenvalue weighted by Gasteiger charge is -2.21. The van der Waals surface area contributed by atoms with Crippen molar-refractivity contribution < 1.29 is 4.57 Å². The molecule has 23 heavy (non-hydrogen) atoms. The SMILES string of the molecule is Cc1cccc(C)c1N(C)c1ccc2ccn(C(C)C)c2[n+]1C. The molecule has 2 aromatic heterocycles. The van der Waals surface area contributed by atoms with E-state index in [0.29, 0.717) is 6.04 Å². The Labute approximate surface area is 138 Å². The third-order valence-electron chi connectivity index (χ3n) is 4.67. The van der Waals surface area contributed by atoms with Crippen molar-refractivity contribution in [3.05, 3.63) is 53.7 Å². The number of aryl methyl sites for hydroxylation is 3. The summed E-state index contributed by atoms with van der Waals surface area (Å²) in [6, 6.07) is 13.5. The van der Waals surface area contributed by atoms with Gasteiger partial charge >= 0.3 is 0 Å². The van der Waals surface area contributed by atoms with Gasteiger partial charge < -0.3 is 0 Å². The van der Waals surface area contributed by atoms with Crippen LogP contribution in [0.25, 0.3) is 11.0 Å². The Balaban J connectivity index is 2.20. The molecule has 0 amide bonds. The highest BCUT2D eigenvalue weighted by atomic mass is 15.2. The lowest BCUT2D eigenvalue weighted by molar-refractivity contribution is -0.634. The van der Waals surface area contributed by atoms with Crippen LogP contribution in [0.15, 0.2) is 42.6 Å². The number of benzene rings is 1. The van der Waals surface area contributed by atoms with Crippen LogP contribution in [0.2, 0.25) is 0 Å². The molecule has 120 valence electrons. The van der Waals surface area contributed by atoms with Gasteiger partial charge in [-0.05, 0) is 51.0 Å². The number of rotatable bonds is 3. The van der Waals surface area contributed by atoms with Crippen molar-refractivity contribution >= 4 is 22.5 Å². The summed E-state index contributed by atoms with van der Waals surface area (Å²) in [6.45, 7) is 8.80.